The van der Waals surface area contributed by atoms with Crippen LogP contribution in [0.5, 0.6) is 0 Å². The summed E-state index contributed by atoms with van der Waals surface area (Å²) in [6, 6.07) is 9.62. The van der Waals surface area contributed by atoms with Gasteiger partial charge in [-0.3, -0.25) is 4.79 Å². The zero-order valence-corrected chi connectivity index (χ0v) is 14.9. The molecule has 0 radical (unpaired) electrons. The summed E-state index contributed by atoms with van der Waals surface area (Å²) in [6.07, 6.45) is 1.52. The fraction of sp³-hybridized carbons (Fsp3) is 0.222. The molecule has 0 saturated heterocycles. The van der Waals surface area contributed by atoms with Crippen molar-refractivity contribution in [1.29, 1.82) is 0 Å². The molecule has 0 aliphatic rings. The second-order valence-corrected chi connectivity index (χ2v) is 7.02. The van der Waals surface area contributed by atoms with Gasteiger partial charge in [-0.25, -0.2) is 9.97 Å². The summed E-state index contributed by atoms with van der Waals surface area (Å²) in [5.74, 6) is -0.109. The lowest BCUT2D eigenvalue weighted by atomic mass is 10.1. The highest BCUT2D eigenvalue weighted by Crippen LogP contribution is 2.29. The van der Waals surface area contributed by atoms with Crippen LogP contribution in [-0.4, -0.2) is 33.0 Å². The second-order valence-electron chi connectivity index (χ2n) is 5.96. The number of fused-ring (bicyclic) bond motifs is 2. The van der Waals surface area contributed by atoms with Crippen LogP contribution in [0, 0.1) is 6.92 Å². The Kier molecular flexibility index (Phi) is 3.73. The number of hydrogen-bond acceptors (Lipinski definition) is 6. The zero-order chi connectivity index (χ0) is 17.6. The van der Waals surface area contributed by atoms with E-state index in [2.05, 4.69) is 15.1 Å². The molecule has 25 heavy (non-hydrogen) atoms. The molecule has 0 unspecified atom stereocenters. The summed E-state index contributed by atoms with van der Waals surface area (Å²) in [5, 5.41) is 5.54. The average molecular weight is 352 g/mol. The van der Waals surface area contributed by atoms with Gasteiger partial charge in [-0.15, -0.1) is 11.3 Å². The molecule has 1 amide bonds. The van der Waals surface area contributed by atoms with E-state index in [1.54, 1.807) is 29.4 Å². The third-order valence-corrected chi connectivity index (χ3v) is 5.53. The van der Waals surface area contributed by atoms with Gasteiger partial charge in [0.1, 0.15) is 5.01 Å². The van der Waals surface area contributed by atoms with Crippen molar-refractivity contribution < 1.29 is 9.32 Å². The first kappa shape index (κ1) is 15.7. The summed E-state index contributed by atoms with van der Waals surface area (Å²) in [6.45, 7) is 3.81. The first-order valence-electron chi connectivity index (χ1n) is 7.89. The molecular weight excluding hydrogens is 336 g/mol. The number of thiazole rings is 1. The van der Waals surface area contributed by atoms with Crippen LogP contribution in [0.15, 0.2) is 41.1 Å². The van der Waals surface area contributed by atoms with E-state index in [0.29, 0.717) is 11.3 Å². The van der Waals surface area contributed by atoms with Gasteiger partial charge in [0.2, 0.25) is 0 Å². The minimum absolute atomic E-state index is 0.109. The van der Waals surface area contributed by atoms with Gasteiger partial charge in [0.25, 0.3) is 11.6 Å². The maximum absolute atomic E-state index is 12.9. The van der Waals surface area contributed by atoms with E-state index in [0.717, 1.165) is 26.3 Å². The highest BCUT2D eigenvalue weighted by Gasteiger charge is 2.23. The standard InChI is InChI=1S/C18H16N4O2S/c1-10-13-8-12(9-19-16(13)24-21-10)18(23)22(3)11(2)17-20-14-6-4-5-7-15(14)25-17/h4-9,11H,1-3H3/t11-/m0/s1. The number of para-hydroxylation sites is 1. The van der Waals surface area contributed by atoms with Crippen LogP contribution >= 0.6 is 11.3 Å². The lowest BCUT2D eigenvalue weighted by Crippen LogP contribution is -2.29. The van der Waals surface area contributed by atoms with Crippen LogP contribution in [0.1, 0.15) is 34.0 Å². The molecule has 0 spiro atoms. The Balaban J connectivity index is 1.64. The van der Waals surface area contributed by atoms with Crippen molar-refractivity contribution in [1.82, 2.24) is 20.0 Å². The number of nitrogens with zero attached hydrogens (tertiary/aromatic N) is 4. The number of aryl methyl sites for hydroxylation is 1. The third kappa shape index (κ3) is 2.66. The van der Waals surface area contributed by atoms with E-state index in [4.69, 9.17) is 4.52 Å². The van der Waals surface area contributed by atoms with Crippen molar-refractivity contribution in [2.45, 2.75) is 19.9 Å². The van der Waals surface area contributed by atoms with Crippen molar-refractivity contribution in [2.75, 3.05) is 7.05 Å². The van der Waals surface area contributed by atoms with Crippen molar-refractivity contribution in [3.05, 3.63) is 52.8 Å². The van der Waals surface area contributed by atoms with Gasteiger partial charge in [0, 0.05) is 13.2 Å². The molecule has 1 atom stereocenters. The van der Waals surface area contributed by atoms with Crippen LogP contribution in [0.4, 0.5) is 0 Å². The molecule has 3 heterocycles. The highest BCUT2D eigenvalue weighted by molar-refractivity contribution is 7.18. The van der Waals surface area contributed by atoms with Gasteiger partial charge in [0.05, 0.1) is 32.9 Å². The first-order chi connectivity index (χ1) is 12.0. The molecule has 4 aromatic rings. The maximum Gasteiger partial charge on any atom is 0.257 e. The predicted molar refractivity (Wildman–Crippen MR) is 96.7 cm³/mol. The molecule has 7 heteroatoms. The van der Waals surface area contributed by atoms with Gasteiger partial charge < -0.3 is 9.42 Å². The van der Waals surface area contributed by atoms with Crippen LogP contribution in [0.25, 0.3) is 21.3 Å². The van der Waals surface area contributed by atoms with E-state index < -0.39 is 0 Å². The molecule has 4 rings (SSSR count). The molecule has 0 saturated carbocycles. The maximum atomic E-state index is 12.9. The number of rotatable bonds is 3. The molecule has 3 aromatic heterocycles. The fourth-order valence-corrected chi connectivity index (χ4v) is 3.74. The van der Waals surface area contributed by atoms with Crippen molar-refractivity contribution in [3.8, 4) is 0 Å². The predicted octanol–water partition coefficient (Wildman–Crippen LogP) is 3.97. The Morgan fingerprint density at radius 2 is 2.12 bits per heavy atom. The number of hydrogen-bond donors (Lipinski definition) is 0. The fourth-order valence-electron chi connectivity index (χ4n) is 2.68. The summed E-state index contributed by atoms with van der Waals surface area (Å²) >= 11 is 1.61. The van der Waals surface area contributed by atoms with Crippen LogP contribution in [0.2, 0.25) is 0 Å². The van der Waals surface area contributed by atoms with E-state index in [1.807, 2.05) is 38.1 Å². The average Bonchev–Trinajstić information content (AvgIpc) is 3.23. The number of benzene rings is 1. The van der Waals surface area contributed by atoms with E-state index in [-0.39, 0.29) is 11.9 Å². The quantitative estimate of drug-likeness (QED) is 0.558. The third-order valence-electron chi connectivity index (χ3n) is 4.33. The molecule has 0 N–H and O–H groups in total. The Labute approximate surface area is 148 Å². The summed E-state index contributed by atoms with van der Waals surface area (Å²) in [4.78, 5) is 23.4. The number of carbonyl (C=O) groups excluding carboxylic acids is 1. The van der Waals surface area contributed by atoms with Crippen LogP contribution < -0.4 is 0 Å². The monoisotopic (exact) mass is 352 g/mol. The van der Waals surface area contributed by atoms with E-state index in [1.165, 1.54) is 6.20 Å². The van der Waals surface area contributed by atoms with Gasteiger partial charge in [-0.05, 0) is 32.0 Å². The molecule has 0 aliphatic heterocycles. The number of pyridine rings is 1. The normalized spacial score (nSPS) is 12.6. The summed E-state index contributed by atoms with van der Waals surface area (Å²) in [5.41, 5.74) is 2.63. The molecule has 6 nitrogen and oxygen atoms in total. The Hall–Kier alpha value is -2.80. The minimum atomic E-state index is -0.135. The number of amides is 1. The summed E-state index contributed by atoms with van der Waals surface area (Å²) < 4.78 is 6.22. The van der Waals surface area contributed by atoms with Crippen molar-refractivity contribution >= 4 is 38.6 Å². The highest BCUT2D eigenvalue weighted by atomic mass is 32.1. The van der Waals surface area contributed by atoms with Crippen LogP contribution in [0.3, 0.4) is 0 Å². The van der Waals surface area contributed by atoms with Gasteiger partial charge in [-0.2, -0.15) is 0 Å². The van der Waals surface area contributed by atoms with Crippen molar-refractivity contribution in [2.24, 2.45) is 0 Å². The Morgan fingerprint density at radius 3 is 2.92 bits per heavy atom. The topological polar surface area (TPSA) is 72.1 Å². The van der Waals surface area contributed by atoms with E-state index in [9.17, 15) is 4.79 Å². The second kappa shape index (κ2) is 5.93. The Bertz CT molecular complexity index is 1050. The van der Waals surface area contributed by atoms with Gasteiger partial charge >= 0.3 is 0 Å². The number of aromatic nitrogens is 3. The molecule has 126 valence electrons. The first-order valence-corrected chi connectivity index (χ1v) is 8.71. The van der Waals surface area contributed by atoms with Crippen molar-refractivity contribution in [3.63, 3.8) is 0 Å². The lowest BCUT2D eigenvalue weighted by Gasteiger charge is -2.23. The molecule has 0 fully saturated rings. The zero-order valence-electron chi connectivity index (χ0n) is 14.1. The molecular formula is C18H16N4O2S. The number of carbonyl (C=O) groups is 1. The molecule has 0 bridgehead atoms. The summed E-state index contributed by atoms with van der Waals surface area (Å²) in [7, 11) is 1.78. The molecule has 0 aliphatic carbocycles. The largest absolute Gasteiger partial charge is 0.336 e. The smallest absolute Gasteiger partial charge is 0.257 e. The van der Waals surface area contributed by atoms with Crippen LogP contribution in [-0.2, 0) is 0 Å². The van der Waals surface area contributed by atoms with E-state index >= 15 is 0 Å². The minimum Gasteiger partial charge on any atom is -0.336 e. The lowest BCUT2D eigenvalue weighted by molar-refractivity contribution is 0.0742. The molecule has 1 aromatic carbocycles. The van der Waals surface area contributed by atoms with Gasteiger partial charge in [-0.1, -0.05) is 17.3 Å². The van der Waals surface area contributed by atoms with Gasteiger partial charge in [0.15, 0.2) is 0 Å². The Morgan fingerprint density at radius 1 is 1.32 bits per heavy atom. The SMILES string of the molecule is Cc1noc2ncc(C(=O)N(C)[C@@H](C)c3nc4ccccc4s3)cc12.